The first kappa shape index (κ1) is 20.0. The highest BCUT2D eigenvalue weighted by Gasteiger charge is 2.17. The van der Waals surface area contributed by atoms with Crippen LogP contribution in [0.4, 0.5) is 9.52 Å². The lowest BCUT2D eigenvalue weighted by Gasteiger charge is -2.09. The van der Waals surface area contributed by atoms with Gasteiger partial charge in [-0.05, 0) is 59.7 Å². The number of fused-ring (bicyclic) bond motifs is 2. The minimum absolute atomic E-state index is 0.173. The Morgan fingerprint density at radius 2 is 1.91 bits per heavy atom. The molecule has 2 heterocycles. The van der Waals surface area contributed by atoms with E-state index in [4.69, 9.17) is 14.2 Å². The average Bonchev–Trinajstić information content (AvgIpc) is 3.43. The van der Waals surface area contributed by atoms with E-state index < -0.39 is 0 Å². The number of nitrogens with one attached hydrogen (secondary N) is 1. The monoisotopic (exact) mass is 448 g/mol. The van der Waals surface area contributed by atoms with Gasteiger partial charge in [-0.15, -0.1) is 0 Å². The number of benzene rings is 3. The highest BCUT2D eigenvalue weighted by atomic mass is 32.1. The molecule has 32 heavy (non-hydrogen) atoms. The molecule has 0 unspecified atom stereocenters. The number of carbonyl (C=O) groups is 1. The van der Waals surface area contributed by atoms with Crippen molar-refractivity contribution in [2.75, 3.05) is 19.2 Å². The summed E-state index contributed by atoms with van der Waals surface area (Å²) in [6.07, 6.45) is 1.77. The Kier molecular flexibility index (Phi) is 5.20. The van der Waals surface area contributed by atoms with E-state index in [-0.39, 0.29) is 18.5 Å². The third-order valence-corrected chi connectivity index (χ3v) is 5.86. The van der Waals surface area contributed by atoms with Crippen LogP contribution in [0.1, 0.15) is 11.1 Å². The van der Waals surface area contributed by atoms with E-state index in [9.17, 15) is 9.18 Å². The van der Waals surface area contributed by atoms with Crippen LogP contribution < -0.4 is 19.5 Å². The number of methoxy groups -OCH3 is 1. The van der Waals surface area contributed by atoms with Crippen molar-refractivity contribution < 1.29 is 23.4 Å². The molecule has 1 amide bonds. The first-order valence-corrected chi connectivity index (χ1v) is 10.5. The number of hydrogen-bond donors (Lipinski definition) is 1. The number of aromatic nitrogens is 1. The molecule has 0 atom stereocenters. The standard InChI is InChI=1S/C24H17FN2O4S/c1-29-17-6-3-15(4-7-17)18(10-14-2-9-20-21(11-14)31-13-30-20)23(28)27-24-26-19-8-5-16(25)12-22(19)32-24/h2-12H,13H2,1H3,(H,26,27,28)/b18-10+. The summed E-state index contributed by atoms with van der Waals surface area (Å²) in [4.78, 5) is 17.7. The largest absolute Gasteiger partial charge is 0.497 e. The first-order valence-electron chi connectivity index (χ1n) is 9.72. The van der Waals surface area contributed by atoms with E-state index in [1.165, 1.54) is 23.5 Å². The Morgan fingerprint density at radius 1 is 1.09 bits per heavy atom. The summed E-state index contributed by atoms with van der Waals surface area (Å²) in [5.41, 5.74) is 2.53. The summed E-state index contributed by atoms with van der Waals surface area (Å²) in [6.45, 7) is 0.173. The van der Waals surface area contributed by atoms with Crippen LogP contribution in [0.2, 0.25) is 0 Å². The van der Waals surface area contributed by atoms with Gasteiger partial charge in [-0.1, -0.05) is 29.5 Å². The van der Waals surface area contributed by atoms with E-state index in [1.54, 1.807) is 37.5 Å². The lowest BCUT2D eigenvalue weighted by Crippen LogP contribution is -2.13. The van der Waals surface area contributed by atoms with E-state index >= 15 is 0 Å². The number of hydrogen-bond acceptors (Lipinski definition) is 6. The maximum Gasteiger partial charge on any atom is 0.258 e. The summed E-state index contributed by atoms with van der Waals surface area (Å²) in [5.74, 6) is 1.29. The van der Waals surface area contributed by atoms with Gasteiger partial charge in [0.1, 0.15) is 11.6 Å². The Bertz CT molecular complexity index is 1350. The zero-order valence-corrected chi connectivity index (χ0v) is 17.7. The Hall–Kier alpha value is -3.91. The van der Waals surface area contributed by atoms with Crippen LogP contribution in [0, 0.1) is 5.82 Å². The minimum atomic E-state index is -0.347. The fourth-order valence-electron chi connectivity index (χ4n) is 3.34. The lowest BCUT2D eigenvalue weighted by atomic mass is 10.0. The summed E-state index contributed by atoms with van der Waals surface area (Å²) in [6, 6.07) is 17.0. The highest BCUT2D eigenvalue weighted by Crippen LogP contribution is 2.34. The molecular formula is C24H17FN2O4S. The molecule has 0 spiro atoms. The average molecular weight is 448 g/mol. The molecule has 0 saturated carbocycles. The van der Waals surface area contributed by atoms with Crippen LogP contribution in [0.25, 0.3) is 21.9 Å². The number of thiazole rings is 1. The minimum Gasteiger partial charge on any atom is -0.497 e. The van der Waals surface area contributed by atoms with Gasteiger partial charge in [0.15, 0.2) is 16.6 Å². The van der Waals surface area contributed by atoms with Crippen molar-refractivity contribution in [1.29, 1.82) is 0 Å². The molecule has 1 aliphatic heterocycles. The fourth-order valence-corrected chi connectivity index (χ4v) is 4.22. The molecule has 0 saturated heterocycles. The summed E-state index contributed by atoms with van der Waals surface area (Å²) in [7, 11) is 1.58. The van der Waals surface area contributed by atoms with Gasteiger partial charge in [0.2, 0.25) is 6.79 Å². The summed E-state index contributed by atoms with van der Waals surface area (Å²) >= 11 is 1.21. The number of amides is 1. The normalized spacial score (nSPS) is 12.8. The number of halogens is 1. The first-order chi connectivity index (χ1) is 15.6. The van der Waals surface area contributed by atoms with Crippen LogP contribution in [0.15, 0.2) is 60.7 Å². The van der Waals surface area contributed by atoms with Crippen LogP contribution in [0.3, 0.4) is 0 Å². The van der Waals surface area contributed by atoms with Crippen molar-refractivity contribution in [3.63, 3.8) is 0 Å². The van der Waals surface area contributed by atoms with Crippen molar-refractivity contribution in [2.24, 2.45) is 0 Å². The van der Waals surface area contributed by atoms with E-state index in [1.807, 2.05) is 24.3 Å². The smallest absolute Gasteiger partial charge is 0.258 e. The topological polar surface area (TPSA) is 69.7 Å². The molecular weight excluding hydrogens is 431 g/mol. The van der Waals surface area contributed by atoms with Gasteiger partial charge in [-0.3, -0.25) is 10.1 Å². The quantitative estimate of drug-likeness (QED) is 0.329. The molecule has 4 aromatic rings. The predicted octanol–water partition coefficient (Wildman–Crippen LogP) is 5.35. The third-order valence-electron chi connectivity index (χ3n) is 4.92. The number of rotatable bonds is 5. The molecule has 0 radical (unpaired) electrons. The van der Waals surface area contributed by atoms with Crippen molar-refractivity contribution in [3.05, 3.63) is 77.6 Å². The third kappa shape index (κ3) is 4.00. The zero-order chi connectivity index (χ0) is 22.1. The van der Waals surface area contributed by atoms with Crippen LogP contribution >= 0.6 is 11.3 Å². The zero-order valence-electron chi connectivity index (χ0n) is 16.9. The fraction of sp³-hybridized carbons (Fsp3) is 0.0833. The Labute approximate surface area is 186 Å². The second-order valence-corrected chi connectivity index (χ2v) is 8.02. The molecule has 1 aliphatic rings. The van der Waals surface area contributed by atoms with Gasteiger partial charge in [0.25, 0.3) is 5.91 Å². The van der Waals surface area contributed by atoms with Gasteiger partial charge in [0.05, 0.1) is 17.3 Å². The lowest BCUT2D eigenvalue weighted by molar-refractivity contribution is -0.111. The van der Waals surface area contributed by atoms with E-state index in [0.29, 0.717) is 43.7 Å². The SMILES string of the molecule is COc1ccc(/C(=C\c2ccc3c(c2)OCO3)C(=O)Nc2nc3ccc(F)cc3s2)cc1. The second-order valence-electron chi connectivity index (χ2n) is 6.98. The molecule has 3 aromatic carbocycles. The number of anilines is 1. The van der Waals surface area contributed by atoms with Gasteiger partial charge in [0, 0.05) is 5.57 Å². The number of ether oxygens (including phenoxy) is 3. The van der Waals surface area contributed by atoms with Gasteiger partial charge in [-0.2, -0.15) is 0 Å². The molecule has 0 aliphatic carbocycles. The number of carbonyl (C=O) groups excluding carboxylic acids is 1. The van der Waals surface area contributed by atoms with Gasteiger partial charge in [-0.25, -0.2) is 9.37 Å². The summed E-state index contributed by atoms with van der Waals surface area (Å²) in [5, 5.41) is 3.23. The molecule has 1 aromatic heterocycles. The molecule has 0 fully saturated rings. The Balaban J connectivity index is 1.51. The molecule has 5 rings (SSSR count). The maximum atomic E-state index is 13.5. The number of nitrogens with zero attached hydrogens (tertiary/aromatic N) is 1. The highest BCUT2D eigenvalue weighted by molar-refractivity contribution is 7.22. The van der Waals surface area contributed by atoms with Gasteiger partial charge >= 0.3 is 0 Å². The van der Waals surface area contributed by atoms with E-state index in [0.717, 1.165) is 5.56 Å². The molecule has 160 valence electrons. The molecule has 6 nitrogen and oxygen atoms in total. The van der Waals surface area contributed by atoms with Crippen LogP contribution in [0.5, 0.6) is 17.2 Å². The van der Waals surface area contributed by atoms with Crippen molar-refractivity contribution in [3.8, 4) is 17.2 Å². The molecule has 8 heteroatoms. The molecule has 0 bridgehead atoms. The van der Waals surface area contributed by atoms with E-state index in [2.05, 4.69) is 10.3 Å². The van der Waals surface area contributed by atoms with Crippen molar-refractivity contribution >= 4 is 44.2 Å². The van der Waals surface area contributed by atoms with Crippen molar-refractivity contribution in [1.82, 2.24) is 4.98 Å². The van der Waals surface area contributed by atoms with Crippen LogP contribution in [-0.2, 0) is 4.79 Å². The second kappa shape index (κ2) is 8.32. The van der Waals surface area contributed by atoms with Gasteiger partial charge < -0.3 is 14.2 Å². The van der Waals surface area contributed by atoms with Crippen molar-refractivity contribution in [2.45, 2.75) is 0 Å². The molecule has 1 N–H and O–H groups in total. The maximum absolute atomic E-state index is 13.5. The predicted molar refractivity (Wildman–Crippen MR) is 122 cm³/mol. The Morgan fingerprint density at radius 3 is 2.72 bits per heavy atom. The summed E-state index contributed by atoms with van der Waals surface area (Å²) < 4.78 is 30.2. The van der Waals surface area contributed by atoms with Crippen LogP contribution in [-0.4, -0.2) is 24.8 Å².